The van der Waals surface area contributed by atoms with E-state index in [0.717, 1.165) is 24.1 Å². The Bertz CT molecular complexity index is 509. The number of carboxylic acid groups (broad SMARTS) is 1. The molecule has 0 spiro atoms. The zero-order chi connectivity index (χ0) is 14.7. The molecule has 0 aliphatic carbocycles. The van der Waals surface area contributed by atoms with Crippen molar-refractivity contribution in [2.45, 2.75) is 39.5 Å². The average molecular weight is 295 g/mol. The fourth-order valence-corrected chi connectivity index (χ4v) is 3.77. The largest absolute Gasteiger partial charge is 0.481 e. The van der Waals surface area contributed by atoms with Gasteiger partial charge in [0.05, 0.1) is 4.88 Å². The topological polar surface area (TPSA) is 57.6 Å². The number of amides is 1. The number of aryl methyl sites for hydroxylation is 2. The van der Waals surface area contributed by atoms with Gasteiger partial charge < -0.3 is 10.0 Å². The molecule has 1 N–H and O–H groups in total. The predicted molar refractivity (Wildman–Crippen MR) is 79.3 cm³/mol. The molecule has 0 saturated carbocycles. The molecule has 1 unspecified atom stereocenters. The molecule has 1 atom stereocenters. The molecule has 1 aliphatic rings. The fraction of sp³-hybridized carbons (Fsp3) is 0.600. The van der Waals surface area contributed by atoms with Crippen molar-refractivity contribution in [3.63, 3.8) is 0 Å². The zero-order valence-electron chi connectivity index (χ0n) is 12.0. The first kappa shape index (κ1) is 15.0. The van der Waals surface area contributed by atoms with Gasteiger partial charge in [-0.3, -0.25) is 9.59 Å². The van der Waals surface area contributed by atoms with Crippen LogP contribution in [-0.2, 0) is 11.2 Å². The summed E-state index contributed by atoms with van der Waals surface area (Å²) in [6.45, 7) is 5.45. The normalized spacial score (nSPS) is 18.5. The lowest BCUT2D eigenvalue weighted by Crippen LogP contribution is -2.28. The lowest BCUT2D eigenvalue weighted by atomic mass is 10.1. The lowest BCUT2D eigenvalue weighted by Gasteiger charge is -2.14. The number of aliphatic carboxylic acids is 1. The van der Waals surface area contributed by atoms with Crippen molar-refractivity contribution in [2.24, 2.45) is 5.92 Å². The molecule has 1 aliphatic heterocycles. The summed E-state index contributed by atoms with van der Waals surface area (Å²) in [4.78, 5) is 27.0. The molecule has 1 aromatic heterocycles. The Morgan fingerprint density at radius 3 is 2.90 bits per heavy atom. The molecule has 1 aromatic rings. The van der Waals surface area contributed by atoms with Crippen LogP contribution in [0.3, 0.4) is 0 Å². The van der Waals surface area contributed by atoms with Crippen LogP contribution in [-0.4, -0.2) is 35.0 Å². The van der Waals surface area contributed by atoms with E-state index in [9.17, 15) is 9.59 Å². The summed E-state index contributed by atoms with van der Waals surface area (Å²) in [5.41, 5.74) is 1.27. The first-order valence-electron chi connectivity index (χ1n) is 7.11. The molecule has 0 aromatic carbocycles. The van der Waals surface area contributed by atoms with Crippen LogP contribution < -0.4 is 0 Å². The van der Waals surface area contributed by atoms with E-state index < -0.39 is 5.97 Å². The van der Waals surface area contributed by atoms with E-state index in [1.165, 1.54) is 10.4 Å². The van der Waals surface area contributed by atoms with Crippen LogP contribution in [0.2, 0.25) is 0 Å². The zero-order valence-corrected chi connectivity index (χ0v) is 12.8. The molecule has 0 bridgehead atoms. The molecule has 2 rings (SSSR count). The summed E-state index contributed by atoms with van der Waals surface area (Å²) < 4.78 is 0. The molecule has 2 heterocycles. The van der Waals surface area contributed by atoms with Gasteiger partial charge in [0.1, 0.15) is 0 Å². The molecule has 110 valence electrons. The summed E-state index contributed by atoms with van der Waals surface area (Å²) in [6.07, 6.45) is 3.05. The van der Waals surface area contributed by atoms with Crippen LogP contribution >= 0.6 is 11.3 Å². The summed E-state index contributed by atoms with van der Waals surface area (Å²) in [5, 5.41) is 8.81. The van der Waals surface area contributed by atoms with Crippen molar-refractivity contribution >= 4 is 23.2 Å². The second kappa shape index (κ2) is 6.39. The maximum Gasteiger partial charge on any atom is 0.303 e. The number of carboxylic acids is 1. The van der Waals surface area contributed by atoms with Crippen molar-refractivity contribution in [1.29, 1.82) is 0 Å². The highest BCUT2D eigenvalue weighted by Gasteiger charge is 2.29. The van der Waals surface area contributed by atoms with Crippen molar-refractivity contribution in [2.75, 3.05) is 13.1 Å². The number of carbonyl (C=O) groups excluding carboxylic acids is 1. The van der Waals surface area contributed by atoms with Crippen LogP contribution in [0.15, 0.2) is 6.07 Å². The Morgan fingerprint density at radius 2 is 2.25 bits per heavy atom. The number of nitrogens with zero attached hydrogens (tertiary/aromatic N) is 1. The predicted octanol–water partition coefficient (Wildman–Crippen LogP) is 2.95. The maximum atomic E-state index is 12.4. The van der Waals surface area contributed by atoms with Gasteiger partial charge in [-0.2, -0.15) is 0 Å². The van der Waals surface area contributed by atoms with Crippen LogP contribution in [0.4, 0.5) is 0 Å². The number of likely N-dealkylation sites (tertiary alicyclic amines) is 1. The number of carbonyl (C=O) groups is 2. The SMILES string of the molecule is CCCc1cc(C(=O)N2CCC(CC(=O)O)C2)sc1C. The van der Waals surface area contributed by atoms with E-state index in [-0.39, 0.29) is 18.2 Å². The van der Waals surface area contributed by atoms with E-state index in [4.69, 9.17) is 5.11 Å². The first-order valence-corrected chi connectivity index (χ1v) is 7.93. The highest BCUT2D eigenvalue weighted by atomic mass is 32.1. The fourth-order valence-electron chi connectivity index (χ4n) is 2.73. The van der Waals surface area contributed by atoms with Gasteiger partial charge in [0.25, 0.3) is 5.91 Å². The molecular weight excluding hydrogens is 274 g/mol. The standard InChI is InChI=1S/C15H21NO3S/c1-3-4-12-8-13(20-10(12)2)15(19)16-6-5-11(9-16)7-14(17)18/h8,11H,3-7,9H2,1-2H3,(H,17,18). The van der Waals surface area contributed by atoms with Crippen LogP contribution in [0.5, 0.6) is 0 Å². The third-order valence-electron chi connectivity index (χ3n) is 3.79. The van der Waals surface area contributed by atoms with Gasteiger partial charge in [-0.15, -0.1) is 11.3 Å². The Hall–Kier alpha value is -1.36. The third-order valence-corrected chi connectivity index (χ3v) is 4.87. The first-order chi connectivity index (χ1) is 9.51. The summed E-state index contributed by atoms with van der Waals surface area (Å²) in [5.74, 6) is -0.609. The van der Waals surface area contributed by atoms with Gasteiger partial charge in [-0.1, -0.05) is 13.3 Å². The van der Waals surface area contributed by atoms with E-state index in [0.29, 0.717) is 13.1 Å². The minimum absolute atomic E-state index is 0.0633. The monoisotopic (exact) mass is 295 g/mol. The molecule has 20 heavy (non-hydrogen) atoms. The molecule has 4 nitrogen and oxygen atoms in total. The quantitative estimate of drug-likeness (QED) is 0.908. The van der Waals surface area contributed by atoms with Gasteiger partial charge in [0, 0.05) is 24.4 Å². The number of rotatable bonds is 5. The van der Waals surface area contributed by atoms with Gasteiger partial charge in [0.15, 0.2) is 0 Å². The van der Waals surface area contributed by atoms with Gasteiger partial charge >= 0.3 is 5.97 Å². The highest BCUT2D eigenvalue weighted by Crippen LogP contribution is 2.27. The highest BCUT2D eigenvalue weighted by molar-refractivity contribution is 7.14. The van der Waals surface area contributed by atoms with E-state index in [1.807, 2.05) is 6.07 Å². The summed E-state index contributed by atoms with van der Waals surface area (Å²) in [6, 6.07) is 2.01. The Labute approximate surface area is 123 Å². The molecular formula is C15H21NO3S. The summed E-state index contributed by atoms with van der Waals surface area (Å²) in [7, 11) is 0. The van der Waals surface area contributed by atoms with Gasteiger partial charge in [0.2, 0.25) is 0 Å². The van der Waals surface area contributed by atoms with Crippen molar-refractivity contribution in [3.05, 3.63) is 21.4 Å². The number of hydrogen-bond donors (Lipinski definition) is 1. The van der Waals surface area contributed by atoms with Crippen LogP contribution in [0, 0.1) is 12.8 Å². The Balaban J connectivity index is 2.01. The lowest BCUT2D eigenvalue weighted by molar-refractivity contribution is -0.138. The van der Waals surface area contributed by atoms with Crippen molar-refractivity contribution in [3.8, 4) is 0 Å². The summed E-state index contributed by atoms with van der Waals surface area (Å²) >= 11 is 1.56. The molecule has 0 radical (unpaired) electrons. The van der Waals surface area contributed by atoms with E-state index in [2.05, 4.69) is 13.8 Å². The molecule has 1 saturated heterocycles. The van der Waals surface area contributed by atoms with E-state index in [1.54, 1.807) is 16.2 Å². The smallest absolute Gasteiger partial charge is 0.303 e. The average Bonchev–Trinajstić information content (AvgIpc) is 2.96. The van der Waals surface area contributed by atoms with Gasteiger partial charge in [-0.05, 0) is 37.3 Å². The molecule has 1 fully saturated rings. The Kier molecular flexibility index (Phi) is 4.81. The molecule has 1 amide bonds. The van der Waals surface area contributed by atoms with Crippen molar-refractivity contribution < 1.29 is 14.7 Å². The minimum Gasteiger partial charge on any atom is -0.481 e. The number of hydrogen-bond acceptors (Lipinski definition) is 3. The minimum atomic E-state index is -0.776. The number of thiophene rings is 1. The maximum absolute atomic E-state index is 12.4. The Morgan fingerprint density at radius 1 is 1.50 bits per heavy atom. The van der Waals surface area contributed by atoms with Gasteiger partial charge in [-0.25, -0.2) is 0 Å². The second-order valence-corrected chi connectivity index (χ2v) is 6.70. The molecule has 5 heteroatoms. The second-order valence-electron chi connectivity index (χ2n) is 5.45. The third kappa shape index (κ3) is 3.39. The van der Waals surface area contributed by atoms with E-state index >= 15 is 0 Å². The van der Waals surface area contributed by atoms with Crippen molar-refractivity contribution in [1.82, 2.24) is 4.90 Å². The van der Waals surface area contributed by atoms with Crippen LogP contribution in [0.25, 0.3) is 0 Å². The van der Waals surface area contributed by atoms with Crippen LogP contribution in [0.1, 0.15) is 46.3 Å².